The number of hydrogen-bond donors (Lipinski definition) is 2. The van der Waals surface area contributed by atoms with Gasteiger partial charge in [-0.3, -0.25) is 14.5 Å². The standard InChI is InChI=1S/C18H19Cl2N3O3S/c1-2-23-6-5-11-14(8-23)27-18(16(11)17(21)25)22-15(24)9-26-13-4-3-10(19)7-12(13)20/h3-4,7H,2,5-6,8-9H2,1H3,(H2,21,25)(H,22,24). The van der Waals surface area contributed by atoms with Gasteiger partial charge in [-0.15, -0.1) is 11.3 Å². The van der Waals surface area contributed by atoms with Gasteiger partial charge in [-0.1, -0.05) is 30.1 Å². The lowest BCUT2D eigenvalue weighted by Gasteiger charge is -2.25. The lowest BCUT2D eigenvalue weighted by Crippen LogP contribution is -2.30. The Morgan fingerprint density at radius 1 is 1.37 bits per heavy atom. The maximum atomic E-state index is 12.3. The van der Waals surface area contributed by atoms with E-state index in [0.717, 1.165) is 36.5 Å². The molecular formula is C18H19Cl2N3O3S. The zero-order valence-corrected chi connectivity index (χ0v) is 17.0. The molecule has 0 aliphatic carbocycles. The SMILES string of the molecule is CCN1CCc2c(sc(NC(=O)COc3ccc(Cl)cc3Cl)c2C(N)=O)C1. The molecule has 1 aromatic carbocycles. The minimum atomic E-state index is -0.533. The third-order valence-electron chi connectivity index (χ3n) is 4.34. The first-order valence-corrected chi connectivity index (χ1v) is 10.0. The van der Waals surface area contributed by atoms with Crippen molar-refractivity contribution >= 4 is 51.4 Å². The second kappa shape index (κ2) is 8.48. The normalized spacial score (nSPS) is 13.9. The number of ether oxygens (including phenoxy) is 1. The number of rotatable bonds is 6. The van der Waals surface area contributed by atoms with Gasteiger partial charge >= 0.3 is 0 Å². The number of nitrogens with zero attached hydrogens (tertiary/aromatic N) is 1. The summed E-state index contributed by atoms with van der Waals surface area (Å²) >= 11 is 13.3. The Kier molecular flexibility index (Phi) is 6.26. The summed E-state index contributed by atoms with van der Waals surface area (Å²) in [5.41, 5.74) is 6.91. The molecule has 2 aromatic rings. The molecule has 2 amide bonds. The summed E-state index contributed by atoms with van der Waals surface area (Å²) in [6, 6.07) is 4.75. The average Bonchev–Trinajstić information content (AvgIpc) is 2.97. The van der Waals surface area contributed by atoms with E-state index in [4.69, 9.17) is 33.7 Å². The first-order chi connectivity index (χ1) is 12.9. The second-order valence-corrected chi connectivity index (χ2v) is 8.05. The topological polar surface area (TPSA) is 84.7 Å². The Labute approximate surface area is 171 Å². The van der Waals surface area contributed by atoms with E-state index in [9.17, 15) is 9.59 Å². The van der Waals surface area contributed by atoms with E-state index in [1.165, 1.54) is 17.4 Å². The fourth-order valence-corrected chi connectivity index (χ4v) is 4.75. The number of thiophene rings is 1. The summed E-state index contributed by atoms with van der Waals surface area (Å²) in [6.07, 6.45) is 0.741. The molecule has 3 rings (SSSR count). The molecule has 1 aliphatic heterocycles. The van der Waals surface area contributed by atoms with Gasteiger partial charge < -0.3 is 15.8 Å². The van der Waals surface area contributed by atoms with Crippen LogP contribution in [0.5, 0.6) is 5.75 Å². The average molecular weight is 428 g/mol. The van der Waals surface area contributed by atoms with Gasteiger partial charge in [-0.05, 0) is 36.7 Å². The molecule has 0 spiro atoms. The van der Waals surface area contributed by atoms with Crippen molar-refractivity contribution in [2.45, 2.75) is 19.9 Å². The third kappa shape index (κ3) is 4.55. The van der Waals surface area contributed by atoms with E-state index >= 15 is 0 Å². The molecule has 0 atom stereocenters. The van der Waals surface area contributed by atoms with Crippen LogP contribution >= 0.6 is 34.5 Å². The number of benzene rings is 1. The van der Waals surface area contributed by atoms with Gasteiger partial charge in [0, 0.05) is 23.0 Å². The van der Waals surface area contributed by atoms with Gasteiger partial charge in [0.05, 0.1) is 10.6 Å². The van der Waals surface area contributed by atoms with Crippen LogP contribution in [0.4, 0.5) is 5.00 Å². The van der Waals surface area contributed by atoms with Crippen LogP contribution in [0.25, 0.3) is 0 Å². The minimum Gasteiger partial charge on any atom is -0.482 e. The molecule has 6 nitrogen and oxygen atoms in total. The molecule has 3 N–H and O–H groups in total. The van der Waals surface area contributed by atoms with E-state index in [1.807, 2.05) is 0 Å². The van der Waals surface area contributed by atoms with Crippen LogP contribution < -0.4 is 15.8 Å². The highest BCUT2D eigenvalue weighted by Crippen LogP contribution is 2.37. The smallest absolute Gasteiger partial charge is 0.262 e. The molecule has 1 aliphatic rings. The highest BCUT2D eigenvalue weighted by atomic mass is 35.5. The highest BCUT2D eigenvalue weighted by molar-refractivity contribution is 7.17. The van der Waals surface area contributed by atoms with Crippen molar-refractivity contribution in [2.24, 2.45) is 5.73 Å². The van der Waals surface area contributed by atoms with Crippen molar-refractivity contribution in [1.82, 2.24) is 4.90 Å². The number of nitrogens with one attached hydrogen (secondary N) is 1. The van der Waals surface area contributed by atoms with Gasteiger partial charge in [0.15, 0.2) is 6.61 Å². The van der Waals surface area contributed by atoms with Gasteiger partial charge in [-0.25, -0.2) is 0 Å². The van der Waals surface area contributed by atoms with Crippen molar-refractivity contribution in [1.29, 1.82) is 0 Å². The van der Waals surface area contributed by atoms with Crippen LogP contribution in [0.15, 0.2) is 18.2 Å². The molecule has 2 heterocycles. The Morgan fingerprint density at radius 2 is 2.15 bits per heavy atom. The summed E-state index contributed by atoms with van der Waals surface area (Å²) in [5, 5.41) is 4.02. The number of hydrogen-bond acceptors (Lipinski definition) is 5. The van der Waals surface area contributed by atoms with Crippen molar-refractivity contribution in [3.05, 3.63) is 44.2 Å². The van der Waals surface area contributed by atoms with E-state index in [1.54, 1.807) is 12.1 Å². The number of carbonyl (C=O) groups is 2. The molecule has 0 fully saturated rings. The first kappa shape index (κ1) is 19.9. The zero-order valence-electron chi connectivity index (χ0n) is 14.7. The van der Waals surface area contributed by atoms with E-state index in [0.29, 0.717) is 26.4 Å². The Balaban J connectivity index is 1.72. The molecule has 9 heteroatoms. The number of likely N-dealkylation sites (N-methyl/N-ethyl adjacent to an activating group) is 1. The van der Waals surface area contributed by atoms with Crippen LogP contribution in [-0.2, 0) is 17.8 Å². The Hall–Kier alpha value is -1.80. The van der Waals surface area contributed by atoms with Crippen molar-refractivity contribution < 1.29 is 14.3 Å². The maximum Gasteiger partial charge on any atom is 0.262 e. The number of carbonyl (C=O) groups excluding carboxylic acids is 2. The summed E-state index contributed by atoms with van der Waals surface area (Å²) in [5.74, 6) is -0.570. The van der Waals surface area contributed by atoms with Crippen LogP contribution in [0, 0.1) is 0 Å². The number of fused-ring (bicyclic) bond motifs is 1. The number of anilines is 1. The largest absolute Gasteiger partial charge is 0.482 e. The third-order valence-corrected chi connectivity index (χ3v) is 6.00. The van der Waals surface area contributed by atoms with Crippen molar-refractivity contribution in [2.75, 3.05) is 25.0 Å². The fourth-order valence-electron chi connectivity index (χ4n) is 2.97. The van der Waals surface area contributed by atoms with Crippen LogP contribution in [0.2, 0.25) is 10.0 Å². The molecule has 27 heavy (non-hydrogen) atoms. The first-order valence-electron chi connectivity index (χ1n) is 8.43. The maximum absolute atomic E-state index is 12.3. The molecule has 0 radical (unpaired) electrons. The molecule has 0 saturated carbocycles. The quantitative estimate of drug-likeness (QED) is 0.737. The van der Waals surface area contributed by atoms with Gasteiger partial charge in [0.2, 0.25) is 0 Å². The monoisotopic (exact) mass is 427 g/mol. The minimum absolute atomic E-state index is 0.247. The molecule has 0 unspecified atom stereocenters. The van der Waals surface area contributed by atoms with Gasteiger partial charge in [-0.2, -0.15) is 0 Å². The predicted molar refractivity (Wildman–Crippen MR) is 108 cm³/mol. The second-order valence-electron chi connectivity index (χ2n) is 6.10. The van der Waals surface area contributed by atoms with Gasteiger partial charge in [0.1, 0.15) is 10.8 Å². The number of nitrogens with two attached hydrogens (primary N) is 1. The zero-order chi connectivity index (χ0) is 19.6. The van der Waals surface area contributed by atoms with Crippen LogP contribution in [-0.4, -0.2) is 36.4 Å². The Bertz CT molecular complexity index is 885. The summed E-state index contributed by atoms with van der Waals surface area (Å²) < 4.78 is 5.44. The molecule has 0 bridgehead atoms. The van der Waals surface area contributed by atoms with E-state index in [-0.39, 0.29) is 6.61 Å². The Morgan fingerprint density at radius 3 is 2.81 bits per heavy atom. The fraction of sp³-hybridized carbons (Fsp3) is 0.333. The van der Waals surface area contributed by atoms with Crippen molar-refractivity contribution in [3.8, 4) is 5.75 Å². The van der Waals surface area contributed by atoms with Crippen molar-refractivity contribution in [3.63, 3.8) is 0 Å². The van der Waals surface area contributed by atoms with Crippen LogP contribution in [0.3, 0.4) is 0 Å². The molecular weight excluding hydrogens is 409 g/mol. The lowest BCUT2D eigenvalue weighted by atomic mass is 10.0. The van der Waals surface area contributed by atoms with E-state index < -0.39 is 11.8 Å². The lowest BCUT2D eigenvalue weighted by molar-refractivity contribution is -0.118. The summed E-state index contributed by atoms with van der Waals surface area (Å²) in [7, 11) is 0. The molecule has 144 valence electrons. The predicted octanol–water partition coefficient (Wildman–Crippen LogP) is 3.55. The molecule has 0 saturated heterocycles. The van der Waals surface area contributed by atoms with E-state index in [2.05, 4.69) is 17.1 Å². The number of primary amides is 1. The highest BCUT2D eigenvalue weighted by Gasteiger charge is 2.27. The number of amides is 2. The van der Waals surface area contributed by atoms with Crippen LogP contribution in [0.1, 0.15) is 27.7 Å². The summed E-state index contributed by atoms with van der Waals surface area (Å²) in [4.78, 5) is 27.6. The molecule has 1 aromatic heterocycles. The van der Waals surface area contributed by atoms with Gasteiger partial charge in [0.25, 0.3) is 11.8 Å². The number of halogens is 2. The summed E-state index contributed by atoms with van der Waals surface area (Å²) in [6.45, 7) is 4.40.